The van der Waals surface area contributed by atoms with E-state index in [1.165, 1.54) is 35.0 Å². The molecule has 1 saturated heterocycles. The van der Waals surface area contributed by atoms with Gasteiger partial charge in [0.05, 0.1) is 17.6 Å². The van der Waals surface area contributed by atoms with Gasteiger partial charge in [0.1, 0.15) is 5.82 Å². The van der Waals surface area contributed by atoms with Gasteiger partial charge < -0.3 is 10.6 Å². The summed E-state index contributed by atoms with van der Waals surface area (Å²) in [5.74, 6) is -0.539. The Morgan fingerprint density at radius 1 is 1.13 bits per heavy atom. The number of piperazine rings is 1. The van der Waals surface area contributed by atoms with Crippen molar-refractivity contribution in [1.82, 2.24) is 18.5 Å². The molecule has 0 aliphatic carbocycles. The van der Waals surface area contributed by atoms with Crippen LogP contribution in [0.2, 0.25) is 0 Å². The molecule has 2 amide bonds. The maximum atomic E-state index is 14.2. The molecule has 0 bridgehead atoms. The summed E-state index contributed by atoms with van der Waals surface area (Å²) in [6.45, 7) is 4.27. The topological polar surface area (TPSA) is 97.9 Å². The van der Waals surface area contributed by atoms with E-state index in [1.807, 2.05) is 6.92 Å². The fourth-order valence-corrected chi connectivity index (χ4v) is 4.29. The SMILES string of the molecule is Cc1ccc(NC(=O)Nc2cc(CN3CCN(S(=O)(=O)N(C)C)CC3)ccc2F)cn1. The molecule has 0 radical (unpaired) electrons. The van der Waals surface area contributed by atoms with Crippen LogP contribution >= 0.6 is 0 Å². The summed E-state index contributed by atoms with van der Waals surface area (Å²) in [5, 5.41) is 5.14. The lowest BCUT2D eigenvalue weighted by atomic mass is 10.1. The molecule has 1 aromatic heterocycles. The van der Waals surface area contributed by atoms with Crippen molar-refractivity contribution in [2.45, 2.75) is 13.5 Å². The van der Waals surface area contributed by atoms with Gasteiger partial charge in [-0.1, -0.05) is 6.07 Å². The second-order valence-corrected chi connectivity index (χ2v) is 9.69. The highest BCUT2D eigenvalue weighted by Crippen LogP contribution is 2.19. The highest BCUT2D eigenvalue weighted by molar-refractivity contribution is 7.86. The Hall–Kier alpha value is -2.60. The molecule has 2 aromatic rings. The summed E-state index contributed by atoms with van der Waals surface area (Å²) in [5.41, 5.74) is 2.22. The first-order valence-electron chi connectivity index (χ1n) is 9.84. The highest BCUT2D eigenvalue weighted by Gasteiger charge is 2.28. The van der Waals surface area contributed by atoms with E-state index in [0.29, 0.717) is 38.4 Å². The first kappa shape index (κ1) is 23.1. The Morgan fingerprint density at radius 3 is 2.45 bits per heavy atom. The van der Waals surface area contributed by atoms with Gasteiger partial charge in [0.15, 0.2) is 0 Å². The van der Waals surface area contributed by atoms with Crippen molar-refractivity contribution in [1.29, 1.82) is 0 Å². The molecule has 9 nitrogen and oxygen atoms in total. The van der Waals surface area contributed by atoms with E-state index < -0.39 is 22.1 Å². The van der Waals surface area contributed by atoms with Crippen molar-refractivity contribution in [2.75, 3.05) is 50.9 Å². The van der Waals surface area contributed by atoms with Crippen molar-refractivity contribution < 1.29 is 17.6 Å². The van der Waals surface area contributed by atoms with Crippen LogP contribution in [0.1, 0.15) is 11.3 Å². The predicted octanol–water partition coefficient (Wildman–Crippen LogP) is 2.10. The van der Waals surface area contributed by atoms with Crippen LogP contribution in [0.4, 0.5) is 20.6 Å². The van der Waals surface area contributed by atoms with E-state index in [1.54, 1.807) is 24.3 Å². The number of anilines is 2. The van der Waals surface area contributed by atoms with Gasteiger partial charge in [-0.25, -0.2) is 9.18 Å². The van der Waals surface area contributed by atoms with E-state index in [2.05, 4.69) is 20.5 Å². The molecule has 11 heteroatoms. The zero-order valence-electron chi connectivity index (χ0n) is 17.8. The fourth-order valence-electron chi connectivity index (χ4n) is 3.20. The molecule has 2 heterocycles. The number of aryl methyl sites for hydroxylation is 1. The minimum atomic E-state index is -3.42. The Labute approximate surface area is 182 Å². The van der Waals surface area contributed by atoms with Gasteiger partial charge in [-0.2, -0.15) is 17.0 Å². The maximum absolute atomic E-state index is 14.2. The molecule has 31 heavy (non-hydrogen) atoms. The molecule has 2 N–H and O–H groups in total. The van der Waals surface area contributed by atoms with E-state index >= 15 is 0 Å². The molecule has 1 fully saturated rings. The second kappa shape index (κ2) is 9.69. The predicted molar refractivity (Wildman–Crippen MR) is 117 cm³/mol. The number of hydrogen-bond acceptors (Lipinski definition) is 5. The van der Waals surface area contributed by atoms with Gasteiger partial charge in [-0.15, -0.1) is 0 Å². The molecule has 168 valence electrons. The number of aromatic nitrogens is 1. The molecule has 1 aliphatic heterocycles. The summed E-state index contributed by atoms with van der Waals surface area (Å²) in [4.78, 5) is 18.4. The van der Waals surface area contributed by atoms with Crippen LogP contribution in [0.3, 0.4) is 0 Å². The Morgan fingerprint density at radius 2 is 1.84 bits per heavy atom. The third kappa shape index (κ3) is 5.97. The van der Waals surface area contributed by atoms with Gasteiger partial charge in [0, 0.05) is 52.5 Å². The van der Waals surface area contributed by atoms with Crippen LogP contribution in [-0.4, -0.2) is 73.2 Å². The molecular weight excluding hydrogens is 423 g/mol. The van der Waals surface area contributed by atoms with E-state index in [-0.39, 0.29) is 5.69 Å². The number of carbonyl (C=O) groups excluding carboxylic acids is 1. The van der Waals surface area contributed by atoms with E-state index in [9.17, 15) is 17.6 Å². The van der Waals surface area contributed by atoms with Gasteiger partial charge in [0.2, 0.25) is 0 Å². The number of halogens is 1. The number of hydrogen-bond donors (Lipinski definition) is 2. The van der Waals surface area contributed by atoms with Crippen molar-refractivity contribution in [3.05, 3.63) is 53.6 Å². The van der Waals surface area contributed by atoms with Crippen molar-refractivity contribution in [3.63, 3.8) is 0 Å². The third-order valence-electron chi connectivity index (χ3n) is 4.97. The molecule has 0 spiro atoms. The first-order chi connectivity index (χ1) is 14.6. The van der Waals surface area contributed by atoms with Crippen LogP contribution < -0.4 is 10.6 Å². The molecule has 0 atom stereocenters. The average Bonchev–Trinajstić information content (AvgIpc) is 2.72. The third-order valence-corrected chi connectivity index (χ3v) is 6.91. The van der Waals surface area contributed by atoms with Crippen LogP contribution in [0, 0.1) is 12.7 Å². The number of rotatable bonds is 6. The summed E-state index contributed by atoms with van der Waals surface area (Å²) < 4.78 is 41.3. The number of urea groups is 1. The van der Waals surface area contributed by atoms with Gasteiger partial charge >= 0.3 is 6.03 Å². The van der Waals surface area contributed by atoms with E-state index in [4.69, 9.17) is 0 Å². The average molecular weight is 451 g/mol. The van der Waals surface area contributed by atoms with Crippen LogP contribution in [0.15, 0.2) is 36.5 Å². The monoisotopic (exact) mass is 450 g/mol. The number of benzene rings is 1. The van der Waals surface area contributed by atoms with Crippen molar-refractivity contribution in [3.8, 4) is 0 Å². The standard InChI is InChI=1S/C20H27FN6O3S/c1-15-4-6-17(13-22-15)23-20(28)24-19-12-16(5-7-18(19)21)14-26-8-10-27(11-9-26)31(29,30)25(2)3/h4-7,12-13H,8-11,14H2,1-3H3,(H2,23,24,28). The maximum Gasteiger partial charge on any atom is 0.323 e. The number of nitrogens with zero attached hydrogens (tertiary/aromatic N) is 4. The molecule has 3 rings (SSSR count). The summed E-state index contributed by atoms with van der Waals surface area (Å²) >= 11 is 0. The summed E-state index contributed by atoms with van der Waals surface area (Å²) in [7, 11) is -0.391. The number of amides is 2. The lowest BCUT2D eigenvalue weighted by molar-refractivity contribution is 0.177. The second-order valence-electron chi connectivity index (χ2n) is 7.55. The number of pyridine rings is 1. The minimum absolute atomic E-state index is 0.0730. The van der Waals surface area contributed by atoms with Gasteiger partial charge in [-0.3, -0.25) is 9.88 Å². The first-order valence-corrected chi connectivity index (χ1v) is 11.2. The number of nitrogens with one attached hydrogen (secondary N) is 2. The fraction of sp³-hybridized carbons (Fsp3) is 0.400. The Balaban J connectivity index is 1.58. The summed E-state index contributed by atoms with van der Waals surface area (Å²) in [6, 6.07) is 7.47. The Kier molecular flexibility index (Phi) is 7.21. The zero-order valence-corrected chi connectivity index (χ0v) is 18.6. The minimum Gasteiger partial charge on any atom is -0.306 e. The van der Waals surface area contributed by atoms with E-state index in [0.717, 1.165) is 11.3 Å². The zero-order chi connectivity index (χ0) is 22.6. The van der Waals surface area contributed by atoms with Crippen LogP contribution in [0.5, 0.6) is 0 Å². The summed E-state index contributed by atoms with van der Waals surface area (Å²) in [6.07, 6.45) is 1.53. The van der Waals surface area contributed by atoms with Crippen molar-refractivity contribution >= 4 is 27.6 Å². The quantitative estimate of drug-likeness (QED) is 0.702. The molecule has 1 aliphatic rings. The Bertz CT molecular complexity index is 1020. The lowest BCUT2D eigenvalue weighted by Gasteiger charge is -2.35. The van der Waals surface area contributed by atoms with Gasteiger partial charge in [0.25, 0.3) is 10.2 Å². The van der Waals surface area contributed by atoms with Gasteiger partial charge in [-0.05, 0) is 36.8 Å². The number of carbonyl (C=O) groups is 1. The lowest BCUT2D eigenvalue weighted by Crippen LogP contribution is -2.51. The smallest absolute Gasteiger partial charge is 0.306 e. The molecule has 1 aromatic carbocycles. The largest absolute Gasteiger partial charge is 0.323 e. The van der Waals surface area contributed by atoms with Crippen molar-refractivity contribution in [2.24, 2.45) is 0 Å². The highest BCUT2D eigenvalue weighted by atomic mass is 32.2. The normalized spacial score (nSPS) is 15.8. The van der Waals surface area contributed by atoms with Crippen LogP contribution in [-0.2, 0) is 16.8 Å². The van der Waals surface area contributed by atoms with Crippen LogP contribution in [0.25, 0.3) is 0 Å². The molecular formula is C20H27FN6O3S. The molecule has 0 unspecified atom stereocenters. The molecule has 0 saturated carbocycles.